The van der Waals surface area contributed by atoms with Crippen LogP contribution < -0.4 is 20.1 Å². The molecule has 2 aromatic rings. The van der Waals surface area contributed by atoms with Crippen LogP contribution in [0.3, 0.4) is 0 Å². The molecule has 2 aromatic carbocycles. The van der Waals surface area contributed by atoms with Gasteiger partial charge in [-0.25, -0.2) is 13.1 Å². The maximum Gasteiger partial charge on any atom is 0.215 e. The highest BCUT2D eigenvalue weighted by atomic mass is 127. The molecule has 3 N–H and O–H groups in total. The Morgan fingerprint density at radius 2 is 1.74 bits per heavy atom. The molecule has 0 fully saturated rings. The maximum absolute atomic E-state index is 11.8. The second-order valence-electron chi connectivity index (χ2n) is 7.34. The fourth-order valence-corrected chi connectivity index (χ4v) is 3.64. The number of nitrogens with zero attached hydrogens (tertiary/aromatic N) is 1. The lowest BCUT2D eigenvalue weighted by atomic mass is 10.1. The molecular formula is C22H33IN4O3S. The number of benzene rings is 2. The van der Waals surface area contributed by atoms with Gasteiger partial charge in [0.15, 0.2) is 5.96 Å². The fraction of sp³-hybridized carbons (Fsp3) is 0.409. The smallest absolute Gasteiger partial charge is 0.215 e. The lowest BCUT2D eigenvalue weighted by Gasteiger charge is -2.17. The van der Waals surface area contributed by atoms with Crippen LogP contribution in [0.15, 0.2) is 47.5 Å². The topological polar surface area (TPSA) is 91.8 Å². The molecule has 7 nitrogen and oxygen atoms in total. The number of aryl methyl sites for hydroxylation is 1. The van der Waals surface area contributed by atoms with Crippen molar-refractivity contribution in [3.8, 4) is 5.75 Å². The molecule has 0 amide bonds. The summed E-state index contributed by atoms with van der Waals surface area (Å²) in [4.78, 5) is 4.27. The number of hydrogen-bond donors (Lipinski definition) is 3. The molecule has 0 unspecified atom stereocenters. The van der Waals surface area contributed by atoms with Crippen LogP contribution in [0.4, 0.5) is 0 Å². The number of ether oxygens (including phenoxy) is 1. The van der Waals surface area contributed by atoms with Gasteiger partial charge >= 0.3 is 0 Å². The van der Waals surface area contributed by atoms with Gasteiger partial charge in [-0.2, -0.15) is 0 Å². The molecule has 0 saturated heterocycles. The lowest BCUT2D eigenvalue weighted by molar-refractivity contribution is 0.239. The molecule has 0 saturated carbocycles. The number of hydrogen-bond acceptors (Lipinski definition) is 4. The van der Waals surface area contributed by atoms with Crippen molar-refractivity contribution < 1.29 is 13.2 Å². The van der Waals surface area contributed by atoms with Gasteiger partial charge in [-0.3, -0.25) is 4.99 Å². The van der Waals surface area contributed by atoms with Crippen molar-refractivity contribution in [3.05, 3.63) is 64.7 Å². The van der Waals surface area contributed by atoms with Crippen molar-refractivity contribution in [2.75, 3.05) is 14.1 Å². The number of aliphatic imine (C=N–C) groups is 1. The first-order valence-corrected chi connectivity index (χ1v) is 11.6. The van der Waals surface area contributed by atoms with E-state index in [0.717, 1.165) is 28.0 Å². The molecule has 0 aliphatic heterocycles. The van der Waals surface area contributed by atoms with Crippen LogP contribution in [-0.2, 0) is 28.9 Å². The van der Waals surface area contributed by atoms with E-state index in [4.69, 9.17) is 4.74 Å². The summed E-state index contributed by atoms with van der Waals surface area (Å²) in [7, 11) is -0.166. The number of halogens is 1. The molecule has 0 atom stereocenters. The highest BCUT2D eigenvalue weighted by molar-refractivity contribution is 14.0. The van der Waals surface area contributed by atoms with E-state index in [-0.39, 0.29) is 35.8 Å². The fourth-order valence-electron chi connectivity index (χ4n) is 2.88. The van der Waals surface area contributed by atoms with E-state index in [2.05, 4.69) is 32.5 Å². The molecule has 172 valence electrons. The van der Waals surface area contributed by atoms with Gasteiger partial charge in [0.05, 0.1) is 11.9 Å². The number of nitrogens with one attached hydrogen (secondary N) is 3. The van der Waals surface area contributed by atoms with Crippen molar-refractivity contribution in [2.45, 2.75) is 45.7 Å². The van der Waals surface area contributed by atoms with Gasteiger partial charge in [0, 0.05) is 25.7 Å². The van der Waals surface area contributed by atoms with E-state index in [1.807, 2.05) is 45.0 Å². The predicted molar refractivity (Wildman–Crippen MR) is 138 cm³/mol. The standard InChI is InChI=1S/C22H32N4O3S.HI/c1-16(2)29-21-11-17(3)9-10-20(21)14-26-22(23-4)25-13-18-7-6-8-19(12-18)15-30(27,28)24-5;/h6-12,16,24H,13-15H2,1-5H3,(H2,23,25,26);1H. The summed E-state index contributed by atoms with van der Waals surface area (Å²) >= 11 is 0. The zero-order chi connectivity index (χ0) is 22.1. The SMILES string of the molecule is CN=C(NCc1cccc(CS(=O)(=O)NC)c1)NCc1ccc(C)cc1OC(C)C.I. The largest absolute Gasteiger partial charge is 0.491 e. The molecule has 0 aromatic heterocycles. The third-order valence-electron chi connectivity index (χ3n) is 4.37. The van der Waals surface area contributed by atoms with E-state index in [1.54, 1.807) is 13.1 Å². The molecule has 9 heteroatoms. The number of rotatable bonds is 9. The Labute approximate surface area is 203 Å². The Morgan fingerprint density at radius 3 is 2.39 bits per heavy atom. The van der Waals surface area contributed by atoms with Crippen LogP contribution in [0.2, 0.25) is 0 Å². The van der Waals surface area contributed by atoms with Gasteiger partial charge < -0.3 is 15.4 Å². The third kappa shape index (κ3) is 9.44. The number of guanidine groups is 1. The van der Waals surface area contributed by atoms with Crippen LogP contribution in [0, 0.1) is 6.92 Å². The van der Waals surface area contributed by atoms with Crippen LogP contribution >= 0.6 is 24.0 Å². The average molecular weight is 561 g/mol. The Hall–Kier alpha value is -1.85. The Balaban J connectivity index is 0.00000480. The number of sulfonamides is 1. The summed E-state index contributed by atoms with van der Waals surface area (Å²) in [6.45, 7) is 7.16. The van der Waals surface area contributed by atoms with Gasteiger partial charge in [-0.1, -0.05) is 36.4 Å². The molecular weight excluding hydrogens is 527 g/mol. The van der Waals surface area contributed by atoms with Crippen molar-refractivity contribution in [2.24, 2.45) is 4.99 Å². The average Bonchev–Trinajstić information content (AvgIpc) is 2.69. The van der Waals surface area contributed by atoms with E-state index < -0.39 is 10.0 Å². The normalized spacial score (nSPS) is 11.7. The van der Waals surface area contributed by atoms with E-state index in [0.29, 0.717) is 19.0 Å². The molecule has 0 aliphatic carbocycles. The van der Waals surface area contributed by atoms with Crippen LogP contribution in [0.25, 0.3) is 0 Å². The van der Waals surface area contributed by atoms with Gasteiger partial charge in [0.2, 0.25) is 10.0 Å². The van der Waals surface area contributed by atoms with Crippen molar-refractivity contribution in [1.29, 1.82) is 0 Å². The molecule has 0 heterocycles. The highest BCUT2D eigenvalue weighted by Crippen LogP contribution is 2.21. The van der Waals surface area contributed by atoms with E-state index >= 15 is 0 Å². The minimum atomic E-state index is -3.30. The van der Waals surface area contributed by atoms with Crippen LogP contribution in [-0.4, -0.2) is 34.6 Å². The summed E-state index contributed by atoms with van der Waals surface area (Å²) in [5, 5.41) is 6.57. The molecule has 0 bridgehead atoms. The predicted octanol–water partition coefficient (Wildman–Crippen LogP) is 3.31. The summed E-state index contributed by atoms with van der Waals surface area (Å²) in [6, 6.07) is 13.6. The van der Waals surface area contributed by atoms with Crippen molar-refractivity contribution in [3.63, 3.8) is 0 Å². The minimum absolute atomic E-state index is 0. The van der Waals surface area contributed by atoms with Gasteiger partial charge in [-0.05, 0) is 50.6 Å². The first-order valence-electron chi connectivity index (χ1n) is 9.92. The Bertz CT molecular complexity index is 978. The Morgan fingerprint density at radius 1 is 1.06 bits per heavy atom. The molecule has 2 rings (SSSR count). The quantitative estimate of drug-likeness (QED) is 0.249. The molecule has 0 aliphatic rings. The summed E-state index contributed by atoms with van der Waals surface area (Å²) in [5.41, 5.74) is 3.91. The second-order valence-corrected chi connectivity index (χ2v) is 9.27. The summed E-state index contributed by atoms with van der Waals surface area (Å²) in [6.07, 6.45) is 0.0991. The molecule has 0 spiro atoms. The third-order valence-corrected chi connectivity index (χ3v) is 5.71. The molecule has 0 radical (unpaired) electrons. The van der Waals surface area contributed by atoms with Crippen molar-refractivity contribution in [1.82, 2.24) is 15.4 Å². The highest BCUT2D eigenvalue weighted by Gasteiger charge is 2.10. The first kappa shape index (κ1) is 27.2. The zero-order valence-corrected chi connectivity index (χ0v) is 21.9. The Kier molecular flexibility index (Phi) is 11.3. The minimum Gasteiger partial charge on any atom is -0.491 e. The zero-order valence-electron chi connectivity index (χ0n) is 18.7. The molecule has 31 heavy (non-hydrogen) atoms. The van der Waals surface area contributed by atoms with Crippen LogP contribution in [0.1, 0.15) is 36.1 Å². The monoisotopic (exact) mass is 560 g/mol. The lowest BCUT2D eigenvalue weighted by Crippen LogP contribution is -2.36. The van der Waals surface area contributed by atoms with Crippen molar-refractivity contribution >= 4 is 40.0 Å². The van der Waals surface area contributed by atoms with Gasteiger partial charge in [-0.15, -0.1) is 24.0 Å². The van der Waals surface area contributed by atoms with Gasteiger partial charge in [0.25, 0.3) is 0 Å². The van der Waals surface area contributed by atoms with E-state index in [1.165, 1.54) is 7.05 Å². The van der Waals surface area contributed by atoms with Gasteiger partial charge in [0.1, 0.15) is 5.75 Å². The summed E-state index contributed by atoms with van der Waals surface area (Å²) < 4.78 is 31.8. The maximum atomic E-state index is 11.8. The second kappa shape index (κ2) is 12.9. The summed E-state index contributed by atoms with van der Waals surface area (Å²) in [5.74, 6) is 1.47. The first-order chi connectivity index (χ1) is 14.2. The van der Waals surface area contributed by atoms with Crippen LogP contribution in [0.5, 0.6) is 5.75 Å². The van der Waals surface area contributed by atoms with E-state index in [9.17, 15) is 8.42 Å².